The smallest absolute Gasteiger partial charge is 0.266 e. The van der Waals surface area contributed by atoms with Crippen LogP contribution in [0.25, 0.3) is 16.6 Å². The molecular formula is C44H43F2N11O7S. The number of nitriles is 1. The quantitative estimate of drug-likeness (QED) is 0.152. The summed E-state index contributed by atoms with van der Waals surface area (Å²) in [6, 6.07) is 12.6. The zero-order chi connectivity index (χ0) is 45.4. The summed E-state index contributed by atoms with van der Waals surface area (Å²) in [5.41, 5.74) is 0.764. The molecule has 0 radical (unpaired) electrons. The molecule has 3 N–H and O–H groups in total. The number of aromatic nitrogens is 4. The Morgan fingerprint density at radius 3 is 2.34 bits per heavy atom. The minimum absolute atomic E-state index is 0.00296. The second-order valence-corrected chi connectivity index (χ2v) is 18.5. The molecule has 4 fully saturated rings. The largest absolute Gasteiger partial charge is 0.453 e. The topological polar surface area (TPSA) is 225 Å². The van der Waals surface area contributed by atoms with Gasteiger partial charge in [-0.25, -0.2) is 32.2 Å². The average Bonchev–Trinajstić information content (AvgIpc) is 4.17. The normalized spacial score (nSPS) is 18.6. The van der Waals surface area contributed by atoms with Gasteiger partial charge in [-0.2, -0.15) is 5.26 Å². The van der Waals surface area contributed by atoms with Crippen molar-refractivity contribution in [3.63, 3.8) is 0 Å². The molecule has 336 valence electrons. The fourth-order valence-electron chi connectivity index (χ4n) is 8.37. The lowest BCUT2D eigenvalue weighted by Crippen LogP contribution is -2.52. The third-order valence-corrected chi connectivity index (χ3v) is 14.0. The van der Waals surface area contributed by atoms with E-state index in [1.165, 1.54) is 47.6 Å². The van der Waals surface area contributed by atoms with Gasteiger partial charge in [-0.3, -0.25) is 38.7 Å². The highest BCUT2D eigenvalue weighted by atomic mass is 32.2. The van der Waals surface area contributed by atoms with E-state index >= 15 is 8.78 Å². The molecule has 9 rings (SSSR count). The number of nitrogens with zero attached hydrogens (tertiary/aromatic N) is 8. The van der Waals surface area contributed by atoms with Gasteiger partial charge in [-0.15, -0.1) is 0 Å². The van der Waals surface area contributed by atoms with E-state index in [9.17, 15) is 32.9 Å². The summed E-state index contributed by atoms with van der Waals surface area (Å²) in [6.45, 7) is 3.44. The number of hydrogen-bond donors (Lipinski definition) is 3. The van der Waals surface area contributed by atoms with Gasteiger partial charge in [0.25, 0.3) is 5.56 Å². The number of ether oxygens (including phenoxy) is 1. The van der Waals surface area contributed by atoms with Gasteiger partial charge in [0.2, 0.25) is 33.7 Å². The number of carbonyl (C=O) groups is 3. The van der Waals surface area contributed by atoms with Crippen LogP contribution in [0.1, 0.15) is 55.6 Å². The molecule has 3 saturated heterocycles. The number of likely N-dealkylation sites (tertiary alicyclic amines) is 1. The van der Waals surface area contributed by atoms with E-state index in [1.54, 1.807) is 12.1 Å². The van der Waals surface area contributed by atoms with Crippen LogP contribution >= 0.6 is 0 Å². The standard InChI is InChI=1S/C44H43F2N11O7S/c45-34-6-8-37(53-65(62,63)30-3-4-30)33(21-47)41(34)64-29-2-7-36-32(20-29)43(61)57(25-50-36)28-22-48-44(49-23-28)56-17-15-55(16-18-56)40(59)24-54-13-11-26(12-14-54)31-5-1-27(19-35(31)46)51-38-9-10-39(58)52-42(38)60/h1-2,5-8,19-20,22-23,25-26,30,38,51,53H,3-4,9-18,24H2,(H,52,58,60)/t38-/m0/s1. The van der Waals surface area contributed by atoms with Gasteiger partial charge in [0, 0.05) is 38.3 Å². The van der Waals surface area contributed by atoms with E-state index in [2.05, 4.69) is 35.2 Å². The molecule has 21 heteroatoms. The molecule has 0 spiro atoms. The Kier molecular flexibility index (Phi) is 11.9. The Balaban J connectivity index is 0.778. The van der Waals surface area contributed by atoms with Crippen LogP contribution in [0.2, 0.25) is 0 Å². The molecule has 0 unspecified atom stereocenters. The third kappa shape index (κ3) is 9.30. The maximum atomic E-state index is 15.2. The zero-order valence-electron chi connectivity index (χ0n) is 34.9. The lowest BCUT2D eigenvalue weighted by molar-refractivity contribution is -0.134. The van der Waals surface area contributed by atoms with Crippen molar-refractivity contribution in [1.29, 1.82) is 5.26 Å². The van der Waals surface area contributed by atoms with Crippen molar-refractivity contribution in [3.05, 3.63) is 100 Å². The van der Waals surface area contributed by atoms with Gasteiger partial charge in [0.05, 0.1) is 46.5 Å². The summed E-state index contributed by atoms with van der Waals surface area (Å²) in [7, 11) is -3.75. The molecule has 0 bridgehead atoms. The monoisotopic (exact) mass is 907 g/mol. The Labute approximate surface area is 371 Å². The number of carbonyl (C=O) groups excluding carboxylic acids is 3. The molecule has 1 saturated carbocycles. The summed E-state index contributed by atoms with van der Waals surface area (Å²) in [6.07, 6.45) is 7.25. The molecule has 2 aromatic heterocycles. The van der Waals surface area contributed by atoms with E-state index in [0.717, 1.165) is 12.1 Å². The molecule has 4 aliphatic rings. The van der Waals surface area contributed by atoms with E-state index in [1.807, 2.05) is 15.9 Å². The highest BCUT2D eigenvalue weighted by molar-refractivity contribution is 7.93. The van der Waals surface area contributed by atoms with Crippen LogP contribution in [0.3, 0.4) is 0 Å². The number of benzene rings is 3. The van der Waals surface area contributed by atoms with Gasteiger partial charge in [-0.05, 0) is 99.1 Å². The van der Waals surface area contributed by atoms with Crippen LogP contribution in [0, 0.1) is 23.0 Å². The van der Waals surface area contributed by atoms with Crippen molar-refractivity contribution in [1.82, 2.24) is 34.6 Å². The molecule has 5 aromatic rings. The van der Waals surface area contributed by atoms with Crippen LogP contribution < -0.4 is 30.6 Å². The number of rotatable bonds is 12. The van der Waals surface area contributed by atoms with Gasteiger partial charge >= 0.3 is 0 Å². The van der Waals surface area contributed by atoms with Crippen LogP contribution in [0.5, 0.6) is 11.5 Å². The van der Waals surface area contributed by atoms with Crippen molar-refractivity contribution in [2.24, 2.45) is 0 Å². The fraction of sp³-hybridized carbons (Fsp3) is 0.364. The number of amides is 3. The maximum absolute atomic E-state index is 15.2. The molecule has 1 atom stereocenters. The number of piperidine rings is 2. The number of halogens is 2. The van der Waals surface area contributed by atoms with Gasteiger partial charge in [0.15, 0.2) is 11.6 Å². The number of imide groups is 1. The lowest BCUT2D eigenvalue weighted by atomic mass is 9.89. The van der Waals surface area contributed by atoms with Crippen LogP contribution in [-0.4, -0.2) is 113 Å². The Bertz CT molecular complexity index is 2910. The lowest BCUT2D eigenvalue weighted by Gasteiger charge is -2.37. The summed E-state index contributed by atoms with van der Waals surface area (Å²) in [5.74, 6) is -2.05. The summed E-state index contributed by atoms with van der Waals surface area (Å²) in [5, 5.41) is 14.7. The Morgan fingerprint density at radius 1 is 0.892 bits per heavy atom. The van der Waals surface area contributed by atoms with Gasteiger partial charge < -0.3 is 19.9 Å². The maximum Gasteiger partial charge on any atom is 0.266 e. The fourth-order valence-corrected chi connectivity index (χ4v) is 9.77. The molecule has 5 heterocycles. The highest BCUT2D eigenvalue weighted by Gasteiger charge is 2.37. The molecule has 3 aromatic carbocycles. The molecule has 1 aliphatic carbocycles. The molecular weight excluding hydrogens is 865 g/mol. The first-order valence-electron chi connectivity index (χ1n) is 21.2. The second kappa shape index (κ2) is 17.8. The number of nitrogens with one attached hydrogen (secondary N) is 3. The van der Waals surface area contributed by atoms with Crippen LogP contribution in [-0.2, 0) is 24.4 Å². The number of hydrogen-bond acceptors (Lipinski definition) is 14. The number of sulfonamides is 1. The summed E-state index contributed by atoms with van der Waals surface area (Å²) >= 11 is 0. The minimum atomic E-state index is -3.75. The Morgan fingerprint density at radius 2 is 1.65 bits per heavy atom. The van der Waals surface area contributed by atoms with E-state index < -0.39 is 44.3 Å². The number of anilines is 3. The van der Waals surface area contributed by atoms with Crippen molar-refractivity contribution in [3.8, 4) is 23.3 Å². The number of piperazine rings is 1. The SMILES string of the molecule is N#Cc1c(NS(=O)(=O)C2CC2)ccc(F)c1Oc1ccc2ncn(-c3cnc(N4CCN(C(=O)CN5CCC(c6ccc(N[C@H]7CCC(=O)NC7=O)cc6F)CC5)CC4)nc3)c(=O)c2c1. The van der Waals surface area contributed by atoms with Crippen molar-refractivity contribution >= 4 is 56.0 Å². The van der Waals surface area contributed by atoms with Crippen molar-refractivity contribution < 1.29 is 36.3 Å². The van der Waals surface area contributed by atoms with Crippen LogP contribution in [0.4, 0.5) is 26.1 Å². The second-order valence-electron chi connectivity index (χ2n) is 16.5. The summed E-state index contributed by atoms with van der Waals surface area (Å²) in [4.78, 5) is 69.9. The minimum Gasteiger partial charge on any atom is -0.453 e. The van der Waals surface area contributed by atoms with E-state index in [4.69, 9.17) is 4.74 Å². The average molecular weight is 908 g/mol. The molecule has 65 heavy (non-hydrogen) atoms. The third-order valence-electron chi connectivity index (χ3n) is 12.2. The first kappa shape index (κ1) is 43.2. The Hall–Kier alpha value is -7.05. The van der Waals surface area contributed by atoms with Crippen LogP contribution in [0.15, 0.2) is 72.0 Å². The van der Waals surface area contributed by atoms with E-state index in [-0.39, 0.29) is 58.9 Å². The summed E-state index contributed by atoms with van der Waals surface area (Å²) < 4.78 is 64.8. The van der Waals surface area contributed by atoms with Gasteiger partial charge in [0.1, 0.15) is 35.6 Å². The van der Waals surface area contributed by atoms with Gasteiger partial charge in [-0.1, -0.05) is 6.07 Å². The molecule has 3 aliphatic heterocycles. The molecule has 18 nitrogen and oxygen atoms in total. The van der Waals surface area contributed by atoms with Crippen molar-refractivity contribution in [2.45, 2.75) is 55.7 Å². The zero-order valence-corrected chi connectivity index (χ0v) is 35.7. The predicted octanol–water partition coefficient (Wildman–Crippen LogP) is 3.77. The number of fused-ring (bicyclic) bond motifs is 1. The molecule has 3 amide bonds. The van der Waals surface area contributed by atoms with Crippen molar-refractivity contribution in [2.75, 3.05) is 60.8 Å². The first-order valence-corrected chi connectivity index (χ1v) is 22.8. The van der Waals surface area contributed by atoms with E-state index in [0.29, 0.717) is 99.8 Å². The predicted molar refractivity (Wildman–Crippen MR) is 233 cm³/mol. The highest BCUT2D eigenvalue weighted by Crippen LogP contribution is 2.37. The first-order chi connectivity index (χ1) is 31.3.